The first-order chi connectivity index (χ1) is 9.99. The first-order valence-corrected chi connectivity index (χ1v) is 9.41. The van der Waals surface area contributed by atoms with Crippen LogP contribution in [0, 0.1) is 5.92 Å². The highest BCUT2D eigenvalue weighted by atomic mass is 79.9. The van der Waals surface area contributed by atoms with Gasteiger partial charge in [0.1, 0.15) is 0 Å². The predicted octanol–water partition coefficient (Wildman–Crippen LogP) is 1.31. The second-order valence-electron chi connectivity index (χ2n) is 5.79. The van der Waals surface area contributed by atoms with Gasteiger partial charge in [-0.15, -0.1) is 0 Å². The standard InChI is InChI=1S/C14H19BrN2O3S/c15-12-2-1-10(9-18)7-14(12)21(19,20)16-13-8-17-5-3-11(13)4-6-17/h1-2,7,11,13,16,18H,3-6,8-9H2. The lowest BCUT2D eigenvalue weighted by atomic mass is 9.85. The van der Waals surface area contributed by atoms with E-state index in [0.29, 0.717) is 16.0 Å². The molecule has 3 fully saturated rings. The molecule has 1 atom stereocenters. The third-order valence-corrected chi connectivity index (χ3v) is 6.91. The van der Waals surface area contributed by atoms with E-state index in [9.17, 15) is 13.5 Å². The minimum atomic E-state index is -3.58. The van der Waals surface area contributed by atoms with Crippen LogP contribution in [0.15, 0.2) is 27.6 Å². The summed E-state index contributed by atoms with van der Waals surface area (Å²) in [5.74, 6) is 0.435. The van der Waals surface area contributed by atoms with Gasteiger partial charge in [0, 0.05) is 17.1 Å². The minimum absolute atomic E-state index is 0.0119. The van der Waals surface area contributed by atoms with Gasteiger partial charge in [-0.2, -0.15) is 0 Å². The third-order valence-electron chi connectivity index (χ3n) is 4.43. The SMILES string of the molecule is O=S(=O)(NC1CN2CCC1CC2)c1cc(CO)ccc1Br. The van der Waals surface area contributed by atoms with E-state index < -0.39 is 10.0 Å². The Morgan fingerprint density at radius 2 is 2.05 bits per heavy atom. The minimum Gasteiger partial charge on any atom is -0.392 e. The smallest absolute Gasteiger partial charge is 0.242 e. The lowest BCUT2D eigenvalue weighted by Crippen LogP contribution is -2.57. The van der Waals surface area contributed by atoms with Crippen LogP contribution in [-0.4, -0.2) is 44.1 Å². The topological polar surface area (TPSA) is 69.6 Å². The van der Waals surface area contributed by atoms with Gasteiger partial charge < -0.3 is 10.0 Å². The van der Waals surface area contributed by atoms with E-state index in [0.717, 1.165) is 32.5 Å². The van der Waals surface area contributed by atoms with Crippen LogP contribution in [0.5, 0.6) is 0 Å². The zero-order valence-corrected chi connectivity index (χ0v) is 14.0. The molecular formula is C14H19BrN2O3S. The number of hydrogen-bond donors (Lipinski definition) is 2. The lowest BCUT2D eigenvalue weighted by Gasteiger charge is -2.44. The highest BCUT2D eigenvalue weighted by Gasteiger charge is 2.36. The summed E-state index contributed by atoms with van der Waals surface area (Å²) in [6, 6.07) is 4.88. The fraction of sp³-hybridized carbons (Fsp3) is 0.571. The molecular weight excluding hydrogens is 356 g/mol. The monoisotopic (exact) mass is 374 g/mol. The van der Waals surface area contributed by atoms with Crippen LogP contribution < -0.4 is 4.72 Å². The number of nitrogens with one attached hydrogen (secondary N) is 1. The number of benzene rings is 1. The van der Waals surface area contributed by atoms with Crippen molar-refractivity contribution in [3.63, 3.8) is 0 Å². The summed E-state index contributed by atoms with van der Waals surface area (Å²) in [6.07, 6.45) is 2.12. The number of aliphatic hydroxyl groups excluding tert-OH is 1. The summed E-state index contributed by atoms with van der Waals surface area (Å²) in [4.78, 5) is 2.51. The fourth-order valence-corrected chi connectivity index (χ4v) is 5.52. The molecule has 116 valence electrons. The van der Waals surface area contributed by atoms with Gasteiger partial charge in [-0.1, -0.05) is 6.07 Å². The molecule has 0 saturated carbocycles. The molecule has 1 aromatic rings. The largest absolute Gasteiger partial charge is 0.392 e. The summed E-state index contributed by atoms with van der Waals surface area (Å²) < 4.78 is 28.6. The van der Waals surface area contributed by atoms with E-state index >= 15 is 0 Å². The molecule has 5 nitrogen and oxygen atoms in total. The Morgan fingerprint density at radius 3 is 2.62 bits per heavy atom. The van der Waals surface area contributed by atoms with Crippen LogP contribution in [0.25, 0.3) is 0 Å². The molecule has 0 aromatic heterocycles. The van der Waals surface area contributed by atoms with Crippen molar-refractivity contribution in [2.75, 3.05) is 19.6 Å². The Balaban J connectivity index is 1.84. The number of aliphatic hydroxyl groups is 1. The predicted molar refractivity (Wildman–Crippen MR) is 83.3 cm³/mol. The second-order valence-corrected chi connectivity index (χ2v) is 8.33. The summed E-state index contributed by atoms with van der Waals surface area (Å²) in [5, 5.41) is 9.19. The van der Waals surface area contributed by atoms with Gasteiger partial charge in [-0.3, -0.25) is 0 Å². The molecule has 4 rings (SSSR count). The molecule has 3 aliphatic heterocycles. The lowest BCUT2D eigenvalue weighted by molar-refractivity contribution is 0.0827. The molecule has 0 spiro atoms. The molecule has 0 amide bonds. The maximum atomic E-state index is 12.6. The van der Waals surface area contributed by atoms with Gasteiger partial charge in [-0.25, -0.2) is 13.1 Å². The molecule has 7 heteroatoms. The summed E-state index contributed by atoms with van der Waals surface area (Å²) >= 11 is 3.29. The van der Waals surface area contributed by atoms with E-state index in [-0.39, 0.29) is 17.5 Å². The van der Waals surface area contributed by atoms with Gasteiger partial charge in [0.2, 0.25) is 10.0 Å². The van der Waals surface area contributed by atoms with Crippen molar-refractivity contribution < 1.29 is 13.5 Å². The van der Waals surface area contributed by atoms with Crippen LogP contribution in [0.2, 0.25) is 0 Å². The zero-order valence-electron chi connectivity index (χ0n) is 11.6. The quantitative estimate of drug-likeness (QED) is 0.833. The van der Waals surface area contributed by atoms with Crippen LogP contribution in [0.4, 0.5) is 0 Å². The van der Waals surface area contributed by atoms with Crippen LogP contribution in [-0.2, 0) is 16.6 Å². The number of piperidine rings is 3. The number of halogens is 1. The Labute approximate surface area is 133 Å². The van der Waals surface area contributed by atoms with Crippen molar-refractivity contribution >= 4 is 26.0 Å². The van der Waals surface area contributed by atoms with Gasteiger partial charge >= 0.3 is 0 Å². The third kappa shape index (κ3) is 3.17. The Kier molecular flexibility index (Phi) is 4.38. The average Bonchev–Trinajstić information content (AvgIpc) is 2.48. The van der Waals surface area contributed by atoms with Crippen LogP contribution >= 0.6 is 15.9 Å². The maximum Gasteiger partial charge on any atom is 0.242 e. The van der Waals surface area contributed by atoms with Crippen molar-refractivity contribution in [2.24, 2.45) is 5.92 Å². The molecule has 1 aromatic carbocycles. The van der Waals surface area contributed by atoms with E-state index in [2.05, 4.69) is 25.6 Å². The Hall–Kier alpha value is -0.470. The average molecular weight is 375 g/mol. The molecule has 3 saturated heterocycles. The van der Waals surface area contributed by atoms with Gasteiger partial charge in [0.15, 0.2) is 0 Å². The number of hydrogen-bond acceptors (Lipinski definition) is 4. The normalized spacial score (nSPS) is 28.8. The Bertz CT molecular complexity index is 627. The highest BCUT2D eigenvalue weighted by molar-refractivity contribution is 9.10. The van der Waals surface area contributed by atoms with E-state index in [1.807, 2.05) is 0 Å². The van der Waals surface area contributed by atoms with Gasteiger partial charge in [0.25, 0.3) is 0 Å². The summed E-state index contributed by atoms with van der Waals surface area (Å²) in [6.45, 7) is 2.77. The number of fused-ring (bicyclic) bond motifs is 3. The molecule has 0 aliphatic carbocycles. The molecule has 21 heavy (non-hydrogen) atoms. The highest BCUT2D eigenvalue weighted by Crippen LogP contribution is 2.30. The summed E-state index contributed by atoms with van der Waals surface area (Å²) in [5.41, 5.74) is 0.590. The molecule has 2 N–H and O–H groups in total. The maximum absolute atomic E-state index is 12.6. The van der Waals surface area contributed by atoms with Crippen molar-refractivity contribution in [3.05, 3.63) is 28.2 Å². The number of sulfonamides is 1. The first-order valence-electron chi connectivity index (χ1n) is 7.13. The van der Waals surface area contributed by atoms with Crippen LogP contribution in [0.1, 0.15) is 18.4 Å². The zero-order chi connectivity index (χ0) is 15.0. The molecule has 2 bridgehead atoms. The summed E-state index contributed by atoms with van der Waals surface area (Å²) in [7, 11) is -3.58. The molecule has 1 unspecified atom stereocenters. The molecule has 3 heterocycles. The number of nitrogens with zero attached hydrogens (tertiary/aromatic N) is 1. The van der Waals surface area contributed by atoms with E-state index in [4.69, 9.17) is 0 Å². The first kappa shape index (κ1) is 15.4. The van der Waals surface area contributed by atoms with E-state index in [1.165, 1.54) is 6.07 Å². The van der Waals surface area contributed by atoms with Gasteiger partial charge in [0.05, 0.1) is 11.5 Å². The van der Waals surface area contributed by atoms with Crippen molar-refractivity contribution in [3.8, 4) is 0 Å². The van der Waals surface area contributed by atoms with Crippen molar-refractivity contribution in [1.82, 2.24) is 9.62 Å². The Morgan fingerprint density at radius 1 is 1.33 bits per heavy atom. The van der Waals surface area contributed by atoms with Crippen molar-refractivity contribution in [2.45, 2.75) is 30.4 Å². The number of rotatable bonds is 4. The van der Waals surface area contributed by atoms with Crippen LogP contribution in [0.3, 0.4) is 0 Å². The van der Waals surface area contributed by atoms with Gasteiger partial charge in [-0.05, 0) is 65.5 Å². The van der Waals surface area contributed by atoms with Crippen molar-refractivity contribution in [1.29, 1.82) is 0 Å². The second kappa shape index (κ2) is 5.96. The van der Waals surface area contributed by atoms with E-state index in [1.54, 1.807) is 12.1 Å². The molecule has 0 radical (unpaired) electrons. The fourth-order valence-electron chi connectivity index (χ4n) is 3.21. The molecule has 3 aliphatic rings.